The van der Waals surface area contributed by atoms with E-state index in [1.807, 2.05) is 6.26 Å². The zero-order chi connectivity index (χ0) is 11.1. The third kappa shape index (κ3) is 4.89. The number of carbonyl (C=O) groups is 1. The third-order valence-electron chi connectivity index (χ3n) is 2.91. The number of aliphatic hydroxyl groups is 1. The van der Waals surface area contributed by atoms with Crippen molar-refractivity contribution in [1.82, 2.24) is 5.32 Å². The molecule has 1 rings (SSSR count). The van der Waals surface area contributed by atoms with Crippen LogP contribution in [0.5, 0.6) is 0 Å². The normalized spacial score (nSPS) is 18.3. The quantitative estimate of drug-likeness (QED) is 0.696. The largest absolute Gasteiger partial charge is 0.396 e. The molecule has 0 aromatic carbocycles. The molecule has 1 fully saturated rings. The van der Waals surface area contributed by atoms with Crippen molar-refractivity contribution >= 4 is 17.7 Å². The van der Waals surface area contributed by atoms with Gasteiger partial charge < -0.3 is 10.4 Å². The highest BCUT2D eigenvalue weighted by atomic mass is 32.2. The highest BCUT2D eigenvalue weighted by Crippen LogP contribution is 2.29. The number of nitrogens with one attached hydrogen (secondary N) is 1. The molecule has 1 saturated carbocycles. The molecule has 1 amide bonds. The van der Waals surface area contributed by atoms with Crippen LogP contribution in [-0.4, -0.2) is 35.7 Å². The third-order valence-corrected chi connectivity index (χ3v) is 3.65. The van der Waals surface area contributed by atoms with Crippen LogP contribution in [-0.2, 0) is 4.79 Å². The molecule has 1 unspecified atom stereocenters. The minimum absolute atomic E-state index is 0.137. The Kier molecular flexibility index (Phi) is 6.10. The SMILES string of the molecule is CSCC(CCO)NC(=O)CC1CCC1. The summed E-state index contributed by atoms with van der Waals surface area (Å²) in [5, 5.41) is 11.9. The van der Waals surface area contributed by atoms with E-state index in [9.17, 15) is 4.79 Å². The standard InChI is InChI=1S/C11H21NO2S/c1-15-8-10(5-6-13)12-11(14)7-9-3-2-4-9/h9-10,13H,2-8H2,1H3,(H,12,14). The van der Waals surface area contributed by atoms with Gasteiger partial charge in [-0.25, -0.2) is 0 Å². The molecule has 1 atom stereocenters. The molecule has 3 nitrogen and oxygen atoms in total. The van der Waals surface area contributed by atoms with Crippen molar-refractivity contribution in [3.8, 4) is 0 Å². The topological polar surface area (TPSA) is 49.3 Å². The number of hydrogen-bond acceptors (Lipinski definition) is 3. The Morgan fingerprint density at radius 2 is 2.33 bits per heavy atom. The van der Waals surface area contributed by atoms with E-state index in [0.717, 1.165) is 5.75 Å². The molecule has 88 valence electrons. The molecule has 1 aliphatic carbocycles. The average Bonchev–Trinajstić information content (AvgIpc) is 2.12. The van der Waals surface area contributed by atoms with Gasteiger partial charge in [0.2, 0.25) is 5.91 Å². The van der Waals surface area contributed by atoms with Gasteiger partial charge >= 0.3 is 0 Å². The first-order valence-corrected chi connectivity index (χ1v) is 7.04. The molecule has 0 radical (unpaired) electrons. The molecule has 0 aromatic heterocycles. The summed E-state index contributed by atoms with van der Waals surface area (Å²) in [5.74, 6) is 1.66. The van der Waals surface area contributed by atoms with Gasteiger partial charge in [-0.3, -0.25) is 4.79 Å². The van der Waals surface area contributed by atoms with Crippen molar-refractivity contribution in [2.45, 2.75) is 38.1 Å². The lowest BCUT2D eigenvalue weighted by Crippen LogP contribution is -2.38. The van der Waals surface area contributed by atoms with Crippen molar-refractivity contribution < 1.29 is 9.90 Å². The zero-order valence-corrected chi connectivity index (χ0v) is 10.2. The highest BCUT2D eigenvalue weighted by molar-refractivity contribution is 7.98. The van der Waals surface area contributed by atoms with Crippen LogP contribution < -0.4 is 5.32 Å². The Hall–Kier alpha value is -0.220. The summed E-state index contributed by atoms with van der Waals surface area (Å²) in [6.45, 7) is 0.148. The van der Waals surface area contributed by atoms with Crippen LogP contribution in [0.3, 0.4) is 0 Å². The van der Waals surface area contributed by atoms with Crippen molar-refractivity contribution in [2.24, 2.45) is 5.92 Å². The van der Waals surface area contributed by atoms with E-state index in [4.69, 9.17) is 5.11 Å². The molecular formula is C11H21NO2S. The van der Waals surface area contributed by atoms with Gasteiger partial charge in [-0.2, -0.15) is 11.8 Å². The molecule has 0 spiro atoms. The summed E-state index contributed by atoms with van der Waals surface area (Å²) in [6, 6.07) is 0.137. The van der Waals surface area contributed by atoms with Gasteiger partial charge in [-0.15, -0.1) is 0 Å². The molecule has 4 heteroatoms. The van der Waals surface area contributed by atoms with E-state index in [1.54, 1.807) is 11.8 Å². The van der Waals surface area contributed by atoms with Crippen LogP contribution in [0.4, 0.5) is 0 Å². The fraction of sp³-hybridized carbons (Fsp3) is 0.909. The number of carbonyl (C=O) groups excluding carboxylic acids is 1. The first-order valence-electron chi connectivity index (χ1n) is 5.65. The van der Waals surface area contributed by atoms with Gasteiger partial charge in [0.15, 0.2) is 0 Å². The van der Waals surface area contributed by atoms with Gasteiger partial charge in [0.25, 0.3) is 0 Å². The fourth-order valence-electron chi connectivity index (χ4n) is 1.80. The Labute approximate surface area is 96.0 Å². The van der Waals surface area contributed by atoms with Crippen LogP contribution in [0.1, 0.15) is 32.1 Å². The Balaban J connectivity index is 2.19. The monoisotopic (exact) mass is 231 g/mol. The van der Waals surface area contributed by atoms with E-state index < -0.39 is 0 Å². The van der Waals surface area contributed by atoms with E-state index in [-0.39, 0.29) is 18.6 Å². The maximum atomic E-state index is 11.6. The van der Waals surface area contributed by atoms with Crippen molar-refractivity contribution in [3.05, 3.63) is 0 Å². The second-order valence-electron chi connectivity index (χ2n) is 4.23. The maximum Gasteiger partial charge on any atom is 0.220 e. The first-order chi connectivity index (χ1) is 7.26. The summed E-state index contributed by atoms with van der Waals surface area (Å²) in [6.07, 6.45) is 7.06. The Morgan fingerprint density at radius 3 is 2.80 bits per heavy atom. The number of hydrogen-bond donors (Lipinski definition) is 2. The van der Waals surface area contributed by atoms with Gasteiger partial charge in [0.05, 0.1) is 0 Å². The van der Waals surface area contributed by atoms with E-state index >= 15 is 0 Å². The average molecular weight is 231 g/mol. The van der Waals surface area contributed by atoms with Gasteiger partial charge in [-0.05, 0) is 31.4 Å². The number of aliphatic hydroxyl groups excluding tert-OH is 1. The molecule has 1 aliphatic rings. The summed E-state index contributed by atoms with van der Waals surface area (Å²) < 4.78 is 0. The van der Waals surface area contributed by atoms with Crippen molar-refractivity contribution in [1.29, 1.82) is 0 Å². The second kappa shape index (κ2) is 7.12. The lowest BCUT2D eigenvalue weighted by atomic mass is 9.83. The lowest BCUT2D eigenvalue weighted by Gasteiger charge is -2.25. The summed E-state index contributed by atoms with van der Waals surface area (Å²) >= 11 is 1.70. The van der Waals surface area contributed by atoms with Crippen molar-refractivity contribution in [3.63, 3.8) is 0 Å². The number of thioether (sulfide) groups is 1. The number of amides is 1. The molecular weight excluding hydrogens is 210 g/mol. The minimum Gasteiger partial charge on any atom is -0.396 e. The summed E-state index contributed by atoms with van der Waals surface area (Å²) in [5.41, 5.74) is 0. The zero-order valence-electron chi connectivity index (χ0n) is 9.37. The predicted molar refractivity (Wildman–Crippen MR) is 64.0 cm³/mol. The Morgan fingerprint density at radius 1 is 1.60 bits per heavy atom. The molecule has 0 aliphatic heterocycles. The van der Waals surface area contributed by atoms with Crippen LogP contribution in [0.2, 0.25) is 0 Å². The molecule has 15 heavy (non-hydrogen) atoms. The second-order valence-corrected chi connectivity index (χ2v) is 5.14. The maximum absolute atomic E-state index is 11.6. The fourth-order valence-corrected chi connectivity index (χ4v) is 2.45. The smallest absolute Gasteiger partial charge is 0.220 e. The molecule has 2 N–H and O–H groups in total. The van der Waals surface area contributed by atoms with Crippen LogP contribution >= 0.6 is 11.8 Å². The van der Waals surface area contributed by atoms with E-state index in [0.29, 0.717) is 18.8 Å². The van der Waals surface area contributed by atoms with E-state index in [2.05, 4.69) is 5.32 Å². The molecule has 0 bridgehead atoms. The van der Waals surface area contributed by atoms with Crippen LogP contribution in [0.15, 0.2) is 0 Å². The van der Waals surface area contributed by atoms with Gasteiger partial charge in [0, 0.05) is 24.8 Å². The summed E-state index contributed by atoms with van der Waals surface area (Å²) in [4.78, 5) is 11.6. The first kappa shape index (κ1) is 12.8. The molecule has 0 aromatic rings. The van der Waals surface area contributed by atoms with Crippen LogP contribution in [0.25, 0.3) is 0 Å². The molecule has 0 heterocycles. The Bertz CT molecular complexity index is 189. The van der Waals surface area contributed by atoms with Gasteiger partial charge in [0.1, 0.15) is 0 Å². The minimum atomic E-state index is 0.137. The lowest BCUT2D eigenvalue weighted by molar-refractivity contribution is -0.123. The highest BCUT2D eigenvalue weighted by Gasteiger charge is 2.21. The number of rotatable bonds is 7. The van der Waals surface area contributed by atoms with Gasteiger partial charge in [-0.1, -0.05) is 6.42 Å². The van der Waals surface area contributed by atoms with E-state index in [1.165, 1.54) is 19.3 Å². The van der Waals surface area contributed by atoms with Crippen molar-refractivity contribution in [2.75, 3.05) is 18.6 Å². The van der Waals surface area contributed by atoms with Crippen LogP contribution in [0, 0.1) is 5.92 Å². The predicted octanol–water partition coefficient (Wildman–Crippen LogP) is 1.41. The molecule has 0 saturated heterocycles. The summed E-state index contributed by atoms with van der Waals surface area (Å²) in [7, 11) is 0.